The molecule has 33 heavy (non-hydrogen) atoms. The van der Waals surface area contributed by atoms with E-state index >= 15 is 0 Å². The number of rotatable bonds is 7. The van der Waals surface area contributed by atoms with Crippen LogP contribution < -0.4 is 20.3 Å². The fourth-order valence-corrected chi connectivity index (χ4v) is 4.90. The maximum Gasteiger partial charge on any atom is 0.251 e. The Morgan fingerprint density at radius 1 is 1.03 bits per heavy atom. The Labute approximate surface area is 192 Å². The Bertz CT molecular complexity index is 1170. The molecule has 1 fully saturated rings. The highest BCUT2D eigenvalue weighted by atomic mass is 19.1. The molecular formula is C25H29FN4O3. The lowest BCUT2D eigenvalue weighted by atomic mass is 9.83. The maximum absolute atomic E-state index is 13.6. The van der Waals surface area contributed by atoms with Crippen molar-refractivity contribution in [3.05, 3.63) is 58.5 Å². The van der Waals surface area contributed by atoms with Gasteiger partial charge in [-0.15, -0.1) is 0 Å². The molecule has 0 bridgehead atoms. The SMILES string of the molecule is O=c1ccc2ncc(F)cc2n1CCCC1CCC(NCc2cc3c(cn2)OCCO3)CC1. The van der Waals surface area contributed by atoms with Gasteiger partial charge in [-0.2, -0.15) is 0 Å². The van der Waals surface area contributed by atoms with Crippen LogP contribution in [0, 0.1) is 11.7 Å². The summed E-state index contributed by atoms with van der Waals surface area (Å²) >= 11 is 0. The van der Waals surface area contributed by atoms with Gasteiger partial charge < -0.3 is 19.4 Å². The lowest BCUT2D eigenvalue weighted by Crippen LogP contribution is -2.33. The van der Waals surface area contributed by atoms with E-state index in [9.17, 15) is 9.18 Å². The zero-order valence-electron chi connectivity index (χ0n) is 18.6. The summed E-state index contributed by atoms with van der Waals surface area (Å²) in [6, 6.07) is 7.02. The summed E-state index contributed by atoms with van der Waals surface area (Å²) in [5, 5.41) is 3.63. The van der Waals surface area contributed by atoms with Crippen LogP contribution in [0.2, 0.25) is 0 Å². The monoisotopic (exact) mass is 452 g/mol. The molecule has 8 heteroatoms. The van der Waals surface area contributed by atoms with Crippen molar-refractivity contribution in [2.45, 2.75) is 57.7 Å². The van der Waals surface area contributed by atoms with Crippen LogP contribution in [0.25, 0.3) is 11.0 Å². The van der Waals surface area contributed by atoms with E-state index in [1.54, 1.807) is 16.8 Å². The number of nitrogens with one attached hydrogen (secondary N) is 1. The standard InChI is InChI=1S/C25H29FN4O3/c26-18-12-22-21(29-14-18)7-8-25(31)30(22)9-1-2-17-3-5-19(6-4-17)27-15-20-13-23-24(16-28-20)33-11-10-32-23/h7-8,12-14,16-17,19,27H,1-6,9-11,15H2. The fraction of sp³-hybridized carbons (Fsp3) is 0.480. The van der Waals surface area contributed by atoms with E-state index < -0.39 is 5.82 Å². The molecule has 0 aromatic carbocycles. The Morgan fingerprint density at radius 2 is 1.85 bits per heavy atom. The second-order valence-corrected chi connectivity index (χ2v) is 8.94. The Hall–Kier alpha value is -3.00. The molecule has 0 radical (unpaired) electrons. The smallest absolute Gasteiger partial charge is 0.251 e. The molecule has 5 rings (SSSR count). The first-order chi connectivity index (χ1) is 16.2. The number of aryl methyl sites for hydroxylation is 1. The zero-order valence-corrected chi connectivity index (χ0v) is 18.6. The molecule has 1 aliphatic carbocycles. The predicted molar refractivity (Wildman–Crippen MR) is 123 cm³/mol. The number of aromatic nitrogens is 3. The van der Waals surface area contributed by atoms with Crippen molar-refractivity contribution in [2.24, 2.45) is 5.92 Å². The van der Waals surface area contributed by atoms with Crippen molar-refractivity contribution in [1.29, 1.82) is 0 Å². The van der Waals surface area contributed by atoms with Crippen molar-refractivity contribution < 1.29 is 13.9 Å². The van der Waals surface area contributed by atoms with Crippen LogP contribution in [0.1, 0.15) is 44.2 Å². The first-order valence-electron chi connectivity index (χ1n) is 11.8. The summed E-state index contributed by atoms with van der Waals surface area (Å²) in [5.74, 6) is 1.74. The number of ether oxygens (including phenoxy) is 2. The number of fused-ring (bicyclic) bond motifs is 2. The summed E-state index contributed by atoms with van der Waals surface area (Å²) < 4.78 is 26.5. The summed E-state index contributed by atoms with van der Waals surface area (Å²) in [4.78, 5) is 20.9. The van der Waals surface area contributed by atoms with E-state index in [-0.39, 0.29) is 5.56 Å². The molecule has 0 amide bonds. The summed E-state index contributed by atoms with van der Waals surface area (Å²) in [5.41, 5.74) is 2.08. The second-order valence-electron chi connectivity index (χ2n) is 8.94. The average molecular weight is 453 g/mol. The maximum atomic E-state index is 13.6. The van der Waals surface area contributed by atoms with E-state index in [1.807, 2.05) is 6.07 Å². The van der Waals surface area contributed by atoms with Crippen molar-refractivity contribution in [1.82, 2.24) is 19.9 Å². The lowest BCUT2D eigenvalue weighted by molar-refractivity contribution is 0.170. The summed E-state index contributed by atoms with van der Waals surface area (Å²) in [6.45, 7) is 2.47. The van der Waals surface area contributed by atoms with Crippen LogP contribution >= 0.6 is 0 Å². The molecule has 1 saturated carbocycles. The van der Waals surface area contributed by atoms with Crippen molar-refractivity contribution >= 4 is 11.0 Å². The largest absolute Gasteiger partial charge is 0.486 e. The normalized spacial score (nSPS) is 20.2. The first-order valence-corrected chi connectivity index (χ1v) is 11.8. The molecule has 1 N–H and O–H groups in total. The molecule has 3 aromatic heterocycles. The molecule has 0 saturated heterocycles. The molecule has 0 spiro atoms. The van der Waals surface area contributed by atoms with Gasteiger partial charge in [0, 0.05) is 37.3 Å². The van der Waals surface area contributed by atoms with Gasteiger partial charge in [-0.3, -0.25) is 14.8 Å². The highest BCUT2D eigenvalue weighted by Crippen LogP contribution is 2.30. The van der Waals surface area contributed by atoms with Crippen LogP contribution in [-0.4, -0.2) is 33.8 Å². The highest BCUT2D eigenvalue weighted by Gasteiger charge is 2.21. The van der Waals surface area contributed by atoms with Gasteiger partial charge in [-0.1, -0.05) is 0 Å². The molecular weight excluding hydrogens is 423 g/mol. The fourth-order valence-electron chi connectivity index (χ4n) is 4.90. The minimum Gasteiger partial charge on any atom is -0.486 e. The summed E-state index contributed by atoms with van der Waals surface area (Å²) in [6.07, 6.45) is 9.53. The molecule has 0 unspecified atom stereocenters. The van der Waals surface area contributed by atoms with Crippen LogP contribution in [0.5, 0.6) is 11.5 Å². The second kappa shape index (κ2) is 9.87. The van der Waals surface area contributed by atoms with E-state index in [1.165, 1.54) is 31.2 Å². The minimum atomic E-state index is -0.417. The Morgan fingerprint density at radius 3 is 2.70 bits per heavy atom. The van der Waals surface area contributed by atoms with Gasteiger partial charge in [0.1, 0.15) is 19.0 Å². The zero-order chi connectivity index (χ0) is 22.6. The van der Waals surface area contributed by atoms with Crippen LogP contribution in [0.4, 0.5) is 4.39 Å². The highest BCUT2D eigenvalue weighted by molar-refractivity contribution is 5.74. The Kier molecular flexibility index (Phi) is 6.53. The van der Waals surface area contributed by atoms with E-state index in [2.05, 4.69) is 15.3 Å². The number of pyridine rings is 3. The number of hydrogen-bond donors (Lipinski definition) is 1. The van der Waals surface area contributed by atoms with E-state index in [0.29, 0.717) is 42.8 Å². The third-order valence-electron chi connectivity index (χ3n) is 6.70. The molecule has 0 atom stereocenters. The van der Waals surface area contributed by atoms with Crippen LogP contribution in [-0.2, 0) is 13.1 Å². The molecule has 2 aliphatic rings. The van der Waals surface area contributed by atoms with Crippen LogP contribution in [0.15, 0.2) is 41.5 Å². The van der Waals surface area contributed by atoms with Gasteiger partial charge in [-0.05, 0) is 50.5 Å². The molecule has 7 nitrogen and oxygen atoms in total. The summed E-state index contributed by atoms with van der Waals surface area (Å²) in [7, 11) is 0. The lowest BCUT2D eigenvalue weighted by Gasteiger charge is -2.29. The molecule has 4 heterocycles. The first kappa shape index (κ1) is 21.8. The van der Waals surface area contributed by atoms with Crippen molar-refractivity contribution in [3.63, 3.8) is 0 Å². The van der Waals surface area contributed by atoms with Gasteiger partial charge in [0.15, 0.2) is 11.5 Å². The van der Waals surface area contributed by atoms with Gasteiger partial charge in [-0.25, -0.2) is 4.39 Å². The quantitative estimate of drug-likeness (QED) is 0.587. The van der Waals surface area contributed by atoms with Crippen molar-refractivity contribution in [2.75, 3.05) is 13.2 Å². The molecule has 174 valence electrons. The average Bonchev–Trinajstić information content (AvgIpc) is 2.85. The van der Waals surface area contributed by atoms with Crippen LogP contribution in [0.3, 0.4) is 0 Å². The van der Waals surface area contributed by atoms with E-state index in [4.69, 9.17) is 9.47 Å². The Balaban J connectivity index is 1.08. The van der Waals surface area contributed by atoms with Crippen molar-refractivity contribution in [3.8, 4) is 11.5 Å². The number of halogens is 1. The van der Waals surface area contributed by atoms with Gasteiger partial charge >= 0.3 is 0 Å². The third-order valence-corrected chi connectivity index (χ3v) is 6.70. The topological polar surface area (TPSA) is 78.3 Å². The minimum absolute atomic E-state index is 0.101. The number of hydrogen-bond acceptors (Lipinski definition) is 6. The molecule has 1 aliphatic heterocycles. The predicted octanol–water partition coefficient (Wildman–Crippen LogP) is 3.83. The van der Waals surface area contributed by atoms with Gasteiger partial charge in [0.05, 0.1) is 29.1 Å². The van der Waals surface area contributed by atoms with Gasteiger partial charge in [0.2, 0.25) is 0 Å². The molecule has 3 aromatic rings. The number of nitrogens with zero attached hydrogens (tertiary/aromatic N) is 3. The third kappa shape index (κ3) is 5.16. The van der Waals surface area contributed by atoms with Gasteiger partial charge in [0.25, 0.3) is 5.56 Å². The van der Waals surface area contributed by atoms with E-state index in [0.717, 1.165) is 49.4 Å².